The van der Waals surface area contributed by atoms with Crippen molar-refractivity contribution in [2.75, 3.05) is 31.3 Å². The highest BCUT2D eigenvalue weighted by molar-refractivity contribution is 14.1. The van der Waals surface area contributed by atoms with Gasteiger partial charge in [-0.05, 0) is 40.8 Å². The van der Waals surface area contributed by atoms with E-state index in [1.807, 2.05) is 30.1 Å². The minimum Gasteiger partial charge on any atom is -0.399 e. The molecule has 3 N–H and O–H groups in total. The quantitative estimate of drug-likeness (QED) is 0.647. The van der Waals surface area contributed by atoms with Gasteiger partial charge in [-0.1, -0.05) is 0 Å². The molecule has 0 aliphatic carbocycles. The third-order valence-electron chi connectivity index (χ3n) is 2.04. The molecular formula is C10H14IN3O. The molecule has 0 fully saturated rings. The molecule has 0 aromatic heterocycles. The Balaban J connectivity index is 2.82. The lowest BCUT2D eigenvalue weighted by molar-refractivity contribution is -0.119. The lowest BCUT2D eigenvalue weighted by Gasteiger charge is -2.19. The third kappa shape index (κ3) is 3.26. The van der Waals surface area contributed by atoms with Crippen molar-refractivity contribution in [3.63, 3.8) is 0 Å². The molecule has 0 atom stereocenters. The fraction of sp³-hybridized carbons (Fsp3) is 0.300. The van der Waals surface area contributed by atoms with Gasteiger partial charge in [0.05, 0.1) is 12.2 Å². The monoisotopic (exact) mass is 319 g/mol. The number of hydrogen-bond acceptors (Lipinski definition) is 3. The summed E-state index contributed by atoms with van der Waals surface area (Å²) in [5.41, 5.74) is 7.39. The first kappa shape index (κ1) is 12.1. The van der Waals surface area contributed by atoms with Gasteiger partial charge in [0, 0.05) is 23.4 Å². The van der Waals surface area contributed by atoms with Crippen molar-refractivity contribution >= 4 is 39.9 Å². The highest BCUT2D eigenvalue weighted by Crippen LogP contribution is 2.23. The van der Waals surface area contributed by atoms with Gasteiger partial charge in [-0.25, -0.2) is 0 Å². The lowest BCUT2D eigenvalue weighted by atomic mass is 10.2. The summed E-state index contributed by atoms with van der Waals surface area (Å²) in [6, 6.07) is 5.63. The van der Waals surface area contributed by atoms with Gasteiger partial charge in [-0.2, -0.15) is 0 Å². The van der Waals surface area contributed by atoms with Gasteiger partial charge in [-0.15, -0.1) is 0 Å². The highest BCUT2D eigenvalue weighted by Gasteiger charge is 2.08. The van der Waals surface area contributed by atoms with Crippen LogP contribution in [0.1, 0.15) is 0 Å². The number of carbonyl (C=O) groups is 1. The summed E-state index contributed by atoms with van der Waals surface area (Å²) < 4.78 is 1.04. The Morgan fingerprint density at radius 1 is 1.60 bits per heavy atom. The fourth-order valence-corrected chi connectivity index (χ4v) is 2.16. The van der Waals surface area contributed by atoms with Gasteiger partial charge < -0.3 is 16.0 Å². The van der Waals surface area contributed by atoms with Crippen LogP contribution in [0, 0.1) is 3.57 Å². The molecule has 0 unspecified atom stereocenters. The Labute approximate surface area is 103 Å². The number of halogens is 1. The summed E-state index contributed by atoms with van der Waals surface area (Å²) in [5, 5.41) is 2.59. The summed E-state index contributed by atoms with van der Waals surface area (Å²) in [5.74, 6) is -0.00914. The topological polar surface area (TPSA) is 58.4 Å². The van der Waals surface area contributed by atoms with Crippen LogP contribution in [0.4, 0.5) is 11.4 Å². The van der Waals surface area contributed by atoms with Crippen molar-refractivity contribution in [3.05, 3.63) is 21.8 Å². The van der Waals surface area contributed by atoms with Crippen LogP contribution in [0.3, 0.4) is 0 Å². The highest BCUT2D eigenvalue weighted by atomic mass is 127. The zero-order valence-corrected chi connectivity index (χ0v) is 10.9. The van der Waals surface area contributed by atoms with Gasteiger partial charge in [0.2, 0.25) is 5.91 Å². The van der Waals surface area contributed by atoms with E-state index in [0.717, 1.165) is 14.9 Å². The van der Waals surface area contributed by atoms with E-state index in [2.05, 4.69) is 27.9 Å². The molecule has 0 radical (unpaired) electrons. The average Bonchev–Trinajstić information content (AvgIpc) is 2.17. The van der Waals surface area contributed by atoms with Gasteiger partial charge in [0.15, 0.2) is 0 Å². The largest absolute Gasteiger partial charge is 0.399 e. The maximum atomic E-state index is 11.2. The number of nitrogen functional groups attached to an aromatic ring is 1. The Morgan fingerprint density at radius 3 is 2.80 bits per heavy atom. The molecule has 1 aromatic rings. The fourth-order valence-electron chi connectivity index (χ4n) is 1.21. The number of carbonyl (C=O) groups excluding carboxylic acids is 1. The summed E-state index contributed by atoms with van der Waals surface area (Å²) >= 11 is 2.21. The first-order valence-corrected chi connectivity index (χ1v) is 5.59. The minimum absolute atomic E-state index is 0.00914. The third-order valence-corrected chi connectivity index (χ3v) is 2.91. The van der Waals surface area contributed by atoms with Crippen molar-refractivity contribution in [1.82, 2.24) is 5.32 Å². The normalized spacial score (nSPS) is 9.80. The van der Waals surface area contributed by atoms with Crippen LogP contribution in [0.15, 0.2) is 18.2 Å². The molecule has 0 bridgehead atoms. The molecule has 15 heavy (non-hydrogen) atoms. The summed E-state index contributed by atoms with van der Waals surface area (Å²) in [6.45, 7) is 0.344. The zero-order chi connectivity index (χ0) is 11.4. The number of nitrogens with one attached hydrogen (secondary N) is 1. The standard InChI is InChI=1S/C10H14IN3O/c1-13-10(15)6-14(2)9-4-3-7(12)5-8(9)11/h3-5H,6,12H2,1-2H3,(H,13,15). The van der Waals surface area contributed by atoms with Crippen LogP contribution in [0.25, 0.3) is 0 Å². The number of nitrogens with zero attached hydrogens (tertiary/aromatic N) is 1. The number of nitrogens with two attached hydrogens (primary N) is 1. The van der Waals surface area contributed by atoms with E-state index in [1.165, 1.54) is 0 Å². The van der Waals surface area contributed by atoms with Gasteiger partial charge in [-0.3, -0.25) is 4.79 Å². The maximum Gasteiger partial charge on any atom is 0.239 e. The summed E-state index contributed by atoms with van der Waals surface area (Å²) in [4.78, 5) is 13.1. The molecule has 1 amide bonds. The lowest BCUT2D eigenvalue weighted by Crippen LogP contribution is -2.33. The van der Waals surface area contributed by atoms with E-state index >= 15 is 0 Å². The predicted molar refractivity (Wildman–Crippen MR) is 70.9 cm³/mol. The molecule has 0 aliphatic heterocycles. The second kappa shape index (κ2) is 5.20. The molecule has 82 valence electrons. The first-order valence-electron chi connectivity index (χ1n) is 4.51. The van der Waals surface area contributed by atoms with E-state index in [1.54, 1.807) is 7.05 Å². The van der Waals surface area contributed by atoms with E-state index in [-0.39, 0.29) is 5.91 Å². The number of anilines is 2. The average molecular weight is 319 g/mol. The molecule has 1 aromatic carbocycles. The first-order chi connectivity index (χ1) is 7.04. The van der Waals surface area contributed by atoms with Crippen LogP contribution in [0.5, 0.6) is 0 Å². The second-order valence-corrected chi connectivity index (χ2v) is 4.40. The van der Waals surface area contributed by atoms with E-state index < -0.39 is 0 Å². The maximum absolute atomic E-state index is 11.2. The van der Waals surface area contributed by atoms with Crippen molar-refractivity contribution in [3.8, 4) is 0 Å². The molecule has 0 saturated carbocycles. The molecule has 5 heteroatoms. The Kier molecular flexibility index (Phi) is 4.19. The van der Waals surface area contributed by atoms with Crippen LogP contribution in [-0.4, -0.2) is 26.5 Å². The Morgan fingerprint density at radius 2 is 2.27 bits per heavy atom. The van der Waals surface area contributed by atoms with Crippen molar-refractivity contribution in [1.29, 1.82) is 0 Å². The Hall–Kier alpha value is -0.980. The SMILES string of the molecule is CNC(=O)CN(C)c1ccc(N)cc1I. The van der Waals surface area contributed by atoms with Crippen LogP contribution in [0.2, 0.25) is 0 Å². The molecule has 0 aliphatic rings. The number of rotatable bonds is 3. The smallest absolute Gasteiger partial charge is 0.239 e. The van der Waals surface area contributed by atoms with Crippen LogP contribution in [-0.2, 0) is 4.79 Å². The number of hydrogen-bond donors (Lipinski definition) is 2. The van der Waals surface area contributed by atoms with Crippen LogP contribution >= 0.6 is 22.6 Å². The minimum atomic E-state index is -0.00914. The molecule has 0 saturated heterocycles. The summed E-state index contributed by atoms with van der Waals surface area (Å²) in [7, 11) is 3.51. The molecule has 0 spiro atoms. The van der Waals surface area contributed by atoms with Crippen LogP contribution < -0.4 is 16.0 Å². The number of likely N-dealkylation sites (N-methyl/N-ethyl adjacent to an activating group) is 2. The number of benzene rings is 1. The zero-order valence-electron chi connectivity index (χ0n) is 8.75. The summed E-state index contributed by atoms with van der Waals surface area (Å²) in [6.07, 6.45) is 0. The van der Waals surface area contributed by atoms with Crippen molar-refractivity contribution < 1.29 is 4.79 Å². The van der Waals surface area contributed by atoms with Gasteiger partial charge in [0.25, 0.3) is 0 Å². The van der Waals surface area contributed by atoms with Gasteiger partial charge in [0.1, 0.15) is 0 Å². The van der Waals surface area contributed by atoms with Gasteiger partial charge >= 0.3 is 0 Å². The van der Waals surface area contributed by atoms with Crippen molar-refractivity contribution in [2.45, 2.75) is 0 Å². The van der Waals surface area contributed by atoms with E-state index in [9.17, 15) is 4.79 Å². The molecular weight excluding hydrogens is 305 g/mol. The molecule has 1 rings (SSSR count). The van der Waals surface area contributed by atoms with Crippen molar-refractivity contribution in [2.24, 2.45) is 0 Å². The molecule has 4 nitrogen and oxygen atoms in total. The second-order valence-electron chi connectivity index (χ2n) is 3.24. The molecule has 0 heterocycles. The van der Waals surface area contributed by atoms with E-state index in [0.29, 0.717) is 6.54 Å². The van der Waals surface area contributed by atoms with E-state index in [4.69, 9.17) is 5.73 Å². The Bertz CT molecular complexity index is 368. The number of amides is 1. The predicted octanol–water partition coefficient (Wildman–Crippen LogP) is 1.06.